The Morgan fingerprint density at radius 3 is 2.05 bits per heavy atom. The quantitative estimate of drug-likeness (QED) is 0.441. The summed E-state index contributed by atoms with van der Waals surface area (Å²) in [6.45, 7) is 6.12. The maximum atomic E-state index is 11.7. The minimum Gasteiger partial charge on any atom is -0.480 e. The minimum atomic E-state index is -1.40. The van der Waals surface area contributed by atoms with Gasteiger partial charge in [-0.15, -0.1) is 0 Å². The average Bonchev–Trinajstić information content (AvgIpc) is 2.22. The number of rotatable bonds is 5. The van der Waals surface area contributed by atoms with E-state index in [1.807, 2.05) is 5.32 Å². The predicted molar refractivity (Wildman–Crippen MR) is 67.5 cm³/mol. The maximum absolute atomic E-state index is 11.7. The molecule has 0 spiro atoms. The second-order valence-corrected chi connectivity index (χ2v) is 5.15. The molecule has 0 aromatic heterocycles. The summed E-state index contributed by atoms with van der Waals surface area (Å²) in [5.74, 6) is -1.75. The first-order valence-electron chi connectivity index (χ1n) is 5.79. The highest BCUT2D eigenvalue weighted by Crippen LogP contribution is 1.99. The molecule has 110 valence electrons. The summed E-state index contributed by atoms with van der Waals surface area (Å²) in [6.07, 6.45) is 0. The van der Waals surface area contributed by atoms with Gasteiger partial charge in [0.15, 0.2) is 6.04 Å². The van der Waals surface area contributed by atoms with Crippen LogP contribution in [-0.4, -0.2) is 52.4 Å². The fourth-order valence-electron chi connectivity index (χ4n) is 1.13. The smallest absolute Gasteiger partial charge is 0.328 e. The van der Waals surface area contributed by atoms with Gasteiger partial charge in [0.1, 0.15) is 6.04 Å². The molecule has 0 radical (unpaired) electrons. The average molecular weight is 275 g/mol. The normalized spacial score (nSPS) is 14.2. The van der Waals surface area contributed by atoms with Gasteiger partial charge in [0.25, 0.3) is 0 Å². The lowest BCUT2D eigenvalue weighted by Gasteiger charge is -2.24. The lowest BCUT2D eigenvalue weighted by atomic mass is 10.1. The number of urea groups is 1. The third-order valence-electron chi connectivity index (χ3n) is 2.03. The third kappa shape index (κ3) is 7.24. The van der Waals surface area contributed by atoms with Crippen molar-refractivity contribution in [3.8, 4) is 0 Å². The highest BCUT2D eigenvalue weighted by molar-refractivity contribution is 5.88. The van der Waals surface area contributed by atoms with Crippen LogP contribution >= 0.6 is 0 Å². The highest BCUT2D eigenvalue weighted by Gasteiger charge is 2.23. The number of hydrogen-bond acceptors (Lipinski definition) is 4. The zero-order valence-corrected chi connectivity index (χ0v) is 11.5. The Hall–Kier alpha value is -1.83. The molecule has 0 aromatic carbocycles. The molecule has 2 atom stereocenters. The van der Waals surface area contributed by atoms with Crippen LogP contribution in [0.3, 0.4) is 0 Å². The number of aliphatic hydroxyl groups is 1. The third-order valence-corrected chi connectivity index (χ3v) is 2.03. The Balaban J connectivity index is 4.33. The number of hydrogen-bond donors (Lipinski definition) is 5. The Labute approximate surface area is 111 Å². The van der Waals surface area contributed by atoms with Crippen LogP contribution in [0.15, 0.2) is 0 Å². The van der Waals surface area contributed by atoms with E-state index in [1.54, 1.807) is 20.8 Å². The first kappa shape index (κ1) is 17.2. The number of carbonyl (C=O) groups excluding carboxylic acids is 2. The number of aliphatic hydroxyl groups excluding tert-OH is 1. The van der Waals surface area contributed by atoms with Gasteiger partial charge in [-0.2, -0.15) is 0 Å². The van der Waals surface area contributed by atoms with E-state index in [0.717, 1.165) is 0 Å². The van der Waals surface area contributed by atoms with Crippen molar-refractivity contribution in [2.45, 2.75) is 45.3 Å². The topological polar surface area (TPSA) is 128 Å². The second kappa shape index (κ2) is 6.93. The SMILES string of the molecule is CC(NC(=O)N[C@H](CO)C(=O)O)C(=O)NC(C)(C)C. The summed E-state index contributed by atoms with van der Waals surface area (Å²) in [4.78, 5) is 33.7. The van der Waals surface area contributed by atoms with E-state index >= 15 is 0 Å². The molecule has 0 rings (SSSR count). The lowest BCUT2D eigenvalue weighted by molar-refractivity contribution is -0.140. The number of nitrogens with one attached hydrogen (secondary N) is 3. The molecule has 0 fully saturated rings. The van der Waals surface area contributed by atoms with Gasteiger partial charge in [0, 0.05) is 5.54 Å². The molecule has 0 aliphatic heterocycles. The summed E-state index contributed by atoms with van der Waals surface area (Å²) in [6, 6.07) is -3.07. The first-order chi connectivity index (χ1) is 8.56. The van der Waals surface area contributed by atoms with Gasteiger partial charge in [-0.1, -0.05) is 0 Å². The van der Waals surface area contributed by atoms with Crippen molar-refractivity contribution in [3.05, 3.63) is 0 Å². The van der Waals surface area contributed by atoms with Crippen molar-refractivity contribution in [1.82, 2.24) is 16.0 Å². The molecule has 1 unspecified atom stereocenters. The monoisotopic (exact) mass is 275 g/mol. The molecule has 0 saturated carbocycles. The van der Waals surface area contributed by atoms with E-state index < -0.39 is 42.1 Å². The van der Waals surface area contributed by atoms with Gasteiger partial charge in [0.05, 0.1) is 6.61 Å². The van der Waals surface area contributed by atoms with Crippen molar-refractivity contribution < 1.29 is 24.6 Å². The first-order valence-corrected chi connectivity index (χ1v) is 5.79. The molecular weight excluding hydrogens is 254 g/mol. The molecular formula is C11H21N3O5. The van der Waals surface area contributed by atoms with Gasteiger partial charge in [-0.25, -0.2) is 9.59 Å². The van der Waals surface area contributed by atoms with E-state index in [-0.39, 0.29) is 0 Å². The highest BCUT2D eigenvalue weighted by atomic mass is 16.4. The van der Waals surface area contributed by atoms with Crippen LogP contribution in [0, 0.1) is 0 Å². The van der Waals surface area contributed by atoms with Crippen molar-refractivity contribution in [3.63, 3.8) is 0 Å². The number of carboxylic acid groups (broad SMARTS) is 1. The zero-order chi connectivity index (χ0) is 15.2. The number of carbonyl (C=O) groups is 3. The van der Waals surface area contributed by atoms with E-state index in [9.17, 15) is 14.4 Å². The summed E-state index contributed by atoms with van der Waals surface area (Å²) in [7, 11) is 0. The van der Waals surface area contributed by atoms with Gasteiger partial charge in [-0.05, 0) is 27.7 Å². The Kier molecular flexibility index (Phi) is 6.26. The molecule has 0 heterocycles. The van der Waals surface area contributed by atoms with Gasteiger partial charge < -0.3 is 26.2 Å². The van der Waals surface area contributed by atoms with Crippen LogP contribution in [0.25, 0.3) is 0 Å². The molecule has 0 aliphatic carbocycles. The predicted octanol–water partition coefficient (Wildman–Crippen LogP) is -0.966. The zero-order valence-electron chi connectivity index (χ0n) is 11.5. The summed E-state index contributed by atoms with van der Waals surface area (Å²) in [5.41, 5.74) is -0.432. The van der Waals surface area contributed by atoms with Crippen LogP contribution < -0.4 is 16.0 Å². The Bertz CT molecular complexity index is 351. The fourth-order valence-corrected chi connectivity index (χ4v) is 1.13. The Morgan fingerprint density at radius 2 is 1.68 bits per heavy atom. The molecule has 0 saturated heterocycles. The van der Waals surface area contributed by atoms with Crippen LogP contribution in [0.1, 0.15) is 27.7 Å². The van der Waals surface area contributed by atoms with Crippen molar-refractivity contribution in [1.29, 1.82) is 0 Å². The molecule has 0 aromatic rings. The van der Waals surface area contributed by atoms with Gasteiger partial charge in [-0.3, -0.25) is 4.79 Å². The molecule has 8 heteroatoms. The fraction of sp³-hybridized carbons (Fsp3) is 0.727. The van der Waals surface area contributed by atoms with Crippen molar-refractivity contribution in [2.75, 3.05) is 6.61 Å². The number of amides is 3. The number of aliphatic carboxylic acids is 1. The van der Waals surface area contributed by atoms with E-state index in [1.165, 1.54) is 6.92 Å². The lowest BCUT2D eigenvalue weighted by Crippen LogP contribution is -2.55. The molecule has 5 N–H and O–H groups in total. The van der Waals surface area contributed by atoms with Crippen molar-refractivity contribution >= 4 is 17.9 Å². The molecule has 19 heavy (non-hydrogen) atoms. The minimum absolute atomic E-state index is 0.390. The van der Waals surface area contributed by atoms with E-state index in [4.69, 9.17) is 10.2 Å². The molecule has 0 aliphatic rings. The maximum Gasteiger partial charge on any atom is 0.328 e. The van der Waals surface area contributed by atoms with Crippen LogP contribution in [0.2, 0.25) is 0 Å². The van der Waals surface area contributed by atoms with E-state index in [0.29, 0.717) is 0 Å². The van der Waals surface area contributed by atoms with Crippen LogP contribution in [-0.2, 0) is 9.59 Å². The van der Waals surface area contributed by atoms with Gasteiger partial charge in [0.2, 0.25) is 5.91 Å². The van der Waals surface area contributed by atoms with E-state index in [2.05, 4.69) is 10.6 Å². The Morgan fingerprint density at radius 1 is 1.16 bits per heavy atom. The summed E-state index contributed by atoms with van der Waals surface area (Å²) >= 11 is 0. The second-order valence-electron chi connectivity index (χ2n) is 5.15. The number of carboxylic acids is 1. The molecule has 0 bridgehead atoms. The van der Waals surface area contributed by atoms with Crippen molar-refractivity contribution in [2.24, 2.45) is 0 Å². The largest absolute Gasteiger partial charge is 0.480 e. The molecule has 3 amide bonds. The summed E-state index contributed by atoms with van der Waals surface area (Å²) < 4.78 is 0. The van der Waals surface area contributed by atoms with Crippen LogP contribution in [0.4, 0.5) is 4.79 Å². The van der Waals surface area contributed by atoms with Gasteiger partial charge >= 0.3 is 12.0 Å². The molecule has 8 nitrogen and oxygen atoms in total. The van der Waals surface area contributed by atoms with Crippen LogP contribution in [0.5, 0.6) is 0 Å². The standard InChI is InChI=1S/C11H21N3O5/c1-6(8(16)14-11(2,3)4)12-10(19)13-7(5-15)9(17)18/h6-7,15H,5H2,1-4H3,(H,14,16)(H,17,18)(H2,12,13,19)/t6?,7-/m1/s1. The summed E-state index contributed by atoms with van der Waals surface area (Å²) in [5, 5.41) is 24.4.